The summed E-state index contributed by atoms with van der Waals surface area (Å²) in [5, 5.41) is 9.44. The highest BCUT2D eigenvalue weighted by Gasteiger charge is 2.25. The third kappa shape index (κ3) is 2.24. The van der Waals surface area contributed by atoms with Crippen LogP contribution in [0.15, 0.2) is 0 Å². The quantitative estimate of drug-likeness (QED) is 0.529. The van der Waals surface area contributed by atoms with Crippen molar-refractivity contribution in [2.75, 3.05) is 0 Å². The monoisotopic (exact) mass is 158 g/mol. The molecule has 0 heterocycles. The molecule has 0 aliphatic heterocycles. The first-order valence-electron chi connectivity index (χ1n) is 3.47. The third-order valence-corrected chi connectivity index (χ3v) is 1.95. The Morgan fingerprint density at radius 1 is 1.20 bits per heavy atom. The Kier molecular flexibility index (Phi) is 3.85. The number of hydrogen-bond donors (Lipinski definition) is 1. The molecule has 0 bridgehead atoms. The molecule has 0 spiro atoms. The van der Waals surface area contributed by atoms with Crippen molar-refractivity contribution in [1.82, 2.24) is 0 Å². The first kappa shape index (κ1) is 9.87. The summed E-state index contributed by atoms with van der Waals surface area (Å²) < 4.78 is 0. The predicted molar refractivity (Wildman–Crippen MR) is 47.2 cm³/mol. The Labute approximate surface area is 69.3 Å². The van der Waals surface area contributed by atoms with Crippen LogP contribution in [0, 0.1) is 12.3 Å². The lowest BCUT2D eigenvalue weighted by Gasteiger charge is -2.26. The Hall–Kier alpha value is -0.130. The Morgan fingerprint density at radius 2 is 1.70 bits per heavy atom. The standard InChI is InChI=1S/C8H12O.H2S/c1-2-8(9)6-4-3-5-7-8;/h1,9H,3-7H2;1H2. The van der Waals surface area contributed by atoms with Crippen molar-refractivity contribution in [3.63, 3.8) is 0 Å². The van der Waals surface area contributed by atoms with Gasteiger partial charge in [0, 0.05) is 0 Å². The summed E-state index contributed by atoms with van der Waals surface area (Å²) >= 11 is 0. The first-order chi connectivity index (χ1) is 4.27. The van der Waals surface area contributed by atoms with Crippen LogP contribution in [-0.4, -0.2) is 10.7 Å². The van der Waals surface area contributed by atoms with Gasteiger partial charge in [-0.25, -0.2) is 0 Å². The van der Waals surface area contributed by atoms with Crippen molar-refractivity contribution >= 4 is 13.5 Å². The van der Waals surface area contributed by atoms with Crippen LogP contribution >= 0.6 is 13.5 Å². The molecule has 0 aromatic rings. The average Bonchev–Trinajstić information content (AvgIpc) is 1.90. The third-order valence-electron chi connectivity index (χ3n) is 1.95. The molecule has 1 aliphatic rings. The molecule has 1 rings (SSSR count). The molecule has 0 amide bonds. The van der Waals surface area contributed by atoms with Crippen molar-refractivity contribution in [1.29, 1.82) is 0 Å². The summed E-state index contributed by atoms with van der Waals surface area (Å²) in [6.45, 7) is 0. The summed E-state index contributed by atoms with van der Waals surface area (Å²) in [7, 11) is 0. The second-order valence-corrected chi connectivity index (χ2v) is 2.74. The molecule has 0 atom stereocenters. The van der Waals surface area contributed by atoms with E-state index in [0.717, 1.165) is 25.7 Å². The predicted octanol–water partition coefficient (Wildman–Crippen LogP) is 1.43. The van der Waals surface area contributed by atoms with Crippen molar-refractivity contribution in [2.24, 2.45) is 0 Å². The maximum atomic E-state index is 9.44. The van der Waals surface area contributed by atoms with E-state index in [4.69, 9.17) is 6.42 Å². The molecule has 0 aromatic heterocycles. The van der Waals surface area contributed by atoms with Gasteiger partial charge >= 0.3 is 0 Å². The van der Waals surface area contributed by atoms with E-state index in [1.165, 1.54) is 6.42 Å². The largest absolute Gasteiger partial charge is 0.378 e. The van der Waals surface area contributed by atoms with E-state index in [1.54, 1.807) is 0 Å². The minimum atomic E-state index is -0.752. The molecule has 0 aromatic carbocycles. The SMILES string of the molecule is C#CC1(O)CCCCC1.S. The zero-order chi connectivity index (χ0) is 6.74. The molecule has 0 unspecified atom stereocenters. The molecule has 1 fully saturated rings. The average molecular weight is 158 g/mol. The van der Waals surface area contributed by atoms with Crippen molar-refractivity contribution < 1.29 is 5.11 Å². The molecule has 1 saturated carbocycles. The van der Waals surface area contributed by atoms with Gasteiger partial charge in [-0.3, -0.25) is 0 Å². The molecule has 10 heavy (non-hydrogen) atoms. The second-order valence-electron chi connectivity index (χ2n) is 2.74. The number of terminal acetylenes is 1. The van der Waals surface area contributed by atoms with E-state index in [-0.39, 0.29) is 13.5 Å². The van der Waals surface area contributed by atoms with Gasteiger partial charge in [0.15, 0.2) is 0 Å². The molecule has 0 saturated heterocycles. The fourth-order valence-corrected chi connectivity index (χ4v) is 1.28. The summed E-state index contributed by atoms with van der Waals surface area (Å²) in [6.07, 6.45) is 10.1. The number of hydrogen-bond acceptors (Lipinski definition) is 1. The fourth-order valence-electron chi connectivity index (χ4n) is 1.28. The van der Waals surface area contributed by atoms with Crippen LogP contribution in [-0.2, 0) is 0 Å². The van der Waals surface area contributed by atoms with Crippen LogP contribution in [0.2, 0.25) is 0 Å². The summed E-state index contributed by atoms with van der Waals surface area (Å²) in [4.78, 5) is 0. The van der Waals surface area contributed by atoms with E-state index in [0.29, 0.717) is 0 Å². The van der Waals surface area contributed by atoms with E-state index in [1.807, 2.05) is 0 Å². The van der Waals surface area contributed by atoms with E-state index in [2.05, 4.69) is 5.92 Å². The Bertz CT molecular complexity index is 131. The van der Waals surface area contributed by atoms with Crippen LogP contribution in [0.3, 0.4) is 0 Å². The van der Waals surface area contributed by atoms with Gasteiger partial charge in [0.1, 0.15) is 5.60 Å². The Morgan fingerprint density at radius 3 is 2.00 bits per heavy atom. The van der Waals surface area contributed by atoms with Crippen LogP contribution in [0.1, 0.15) is 32.1 Å². The van der Waals surface area contributed by atoms with Gasteiger partial charge in [0.25, 0.3) is 0 Å². The van der Waals surface area contributed by atoms with Crippen molar-refractivity contribution in [2.45, 2.75) is 37.7 Å². The van der Waals surface area contributed by atoms with Gasteiger partial charge < -0.3 is 5.11 Å². The van der Waals surface area contributed by atoms with Gasteiger partial charge in [-0.1, -0.05) is 12.3 Å². The van der Waals surface area contributed by atoms with Gasteiger partial charge in [0.2, 0.25) is 0 Å². The highest BCUT2D eigenvalue weighted by atomic mass is 32.1. The number of rotatable bonds is 0. The molecular weight excluding hydrogens is 144 g/mol. The van der Waals surface area contributed by atoms with E-state index >= 15 is 0 Å². The van der Waals surface area contributed by atoms with Crippen LogP contribution in [0.4, 0.5) is 0 Å². The lowest BCUT2D eigenvalue weighted by atomic mass is 9.86. The Balaban J connectivity index is 0.000000810. The highest BCUT2D eigenvalue weighted by molar-refractivity contribution is 7.59. The second kappa shape index (κ2) is 3.90. The topological polar surface area (TPSA) is 20.2 Å². The zero-order valence-corrected chi connectivity index (χ0v) is 7.06. The number of aliphatic hydroxyl groups is 1. The smallest absolute Gasteiger partial charge is 0.125 e. The molecule has 1 aliphatic carbocycles. The molecule has 1 nitrogen and oxygen atoms in total. The minimum absolute atomic E-state index is 0. The normalized spacial score (nSPS) is 22.4. The molecular formula is C8H14OS. The van der Waals surface area contributed by atoms with Crippen molar-refractivity contribution in [3.05, 3.63) is 0 Å². The van der Waals surface area contributed by atoms with Gasteiger partial charge in [-0.15, -0.1) is 6.42 Å². The van der Waals surface area contributed by atoms with Gasteiger partial charge in [-0.2, -0.15) is 13.5 Å². The summed E-state index contributed by atoms with van der Waals surface area (Å²) in [5.74, 6) is 2.44. The lowest BCUT2D eigenvalue weighted by molar-refractivity contribution is 0.0612. The molecule has 1 N–H and O–H groups in total. The maximum Gasteiger partial charge on any atom is 0.125 e. The maximum absolute atomic E-state index is 9.44. The zero-order valence-electron chi connectivity index (χ0n) is 6.06. The first-order valence-corrected chi connectivity index (χ1v) is 3.47. The van der Waals surface area contributed by atoms with Gasteiger partial charge in [0.05, 0.1) is 0 Å². The van der Waals surface area contributed by atoms with Gasteiger partial charge in [-0.05, 0) is 25.7 Å². The summed E-state index contributed by atoms with van der Waals surface area (Å²) in [6, 6.07) is 0. The fraction of sp³-hybridized carbons (Fsp3) is 0.750. The molecule has 0 radical (unpaired) electrons. The summed E-state index contributed by atoms with van der Waals surface area (Å²) in [5.41, 5.74) is -0.752. The van der Waals surface area contributed by atoms with E-state index in [9.17, 15) is 5.11 Å². The lowest BCUT2D eigenvalue weighted by Crippen LogP contribution is -2.28. The molecule has 2 heteroatoms. The van der Waals surface area contributed by atoms with E-state index < -0.39 is 5.60 Å². The minimum Gasteiger partial charge on any atom is -0.378 e. The van der Waals surface area contributed by atoms with Crippen molar-refractivity contribution in [3.8, 4) is 12.3 Å². The van der Waals surface area contributed by atoms with Crippen LogP contribution < -0.4 is 0 Å². The van der Waals surface area contributed by atoms with Crippen LogP contribution in [0.5, 0.6) is 0 Å². The highest BCUT2D eigenvalue weighted by Crippen LogP contribution is 2.26. The molecule has 58 valence electrons. The van der Waals surface area contributed by atoms with Crippen LogP contribution in [0.25, 0.3) is 0 Å².